The fraction of sp³-hybridized carbons (Fsp3) is 0.500. The molecule has 1 aromatic heterocycles. The number of nitrogens with two attached hydrogens (primary N) is 1. The lowest BCUT2D eigenvalue weighted by Gasteiger charge is -2.15. The van der Waals surface area contributed by atoms with E-state index in [0.717, 1.165) is 53.8 Å². The molecule has 0 aliphatic rings. The third kappa shape index (κ3) is 5.25. The third-order valence-electron chi connectivity index (χ3n) is 4.03. The van der Waals surface area contributed by atoms with Gasteiger partial charge in [0.2, 0.25) is 5.95 Å². The molecule has 1 heterocycles. The zero-order valence-electron chi connectivity index (χ0n) is 16.3. The van der Waals surface area contributed by atoms with Crippen molar-refractivity contribution >= 4 is 16.9 Å². The maximum atomic E-state index is 5.96. The van der Waals surface area contributed by atoms with Crippen LogP contribution in [0.15, 0.2) is 24.0 Å². The Morgan fingerprint density at radius 3 is 2.27 bits per heavy atom. The minimum atomic E-state index is 0.477. The number of anilines is 1. The highest BCUT2D eigenvalue weighted by Gasteiger charge is 2.13. The van der Waals surface area contributed by atoms with E-state index in [1.165, 1.54) is 0 Å². The van der Waals surface area contributed by atoms with Crippen LogP contribution < -0.4 is 20.5 Å². The summed E-state index contributed by atoms with van der Waals surface area (Å²) >= 11 is 0. The fourth-order valence-corrected chi connectivity index (χ4v) is 2.43. The predicted octanol–water partition coefficient (Wildman–Crippen LogP) is 4.53. The third-order valence-corrected chi connectivity index (χ3v) is 4.03. The number of unbranched alkanes of at least 4 members (excludes halogenated alkanes) is 2. The summed E-state index contributed by atoms with van der Waals surface area (Å²) in [5.74, 6) is 2.47. The van der Waals surface area contributed by atoms with Gasteiger partial charge in [0.05, 0.1) is 30.2 Å². The Labute approximate surface area is 155 Å². The summed E-state index contributed by atoms with van der Waals surface area (Å²) in [5.41, 5.74) is 7.49. The van der Waals surface area contributed by atoms with Gasteiger partial charge in [0.15, 0.2) is 11.5 Å². The van der Waals surface area contributed by atoms with Gasteiger partial charge in [-0.2, -0.15) is 0 Å². The first kappa shape index (κ1) is 19.8. The normalized spacial score (nSPS) is 11.6. The van der Waals surface area contributed by atoms with Gasteiger partial charge in [0.1, 0.15) is 0 Å². The molecule has 6 heteroatoms. The van der Waals surface area contributed by atoms with Crippen LogP contribution >= 0.6 is 0 Å². The molecule has 0 spiro atoms. The van der Waals surface area contributed by atoms with Crippen LogP contribution in [0.25, 0.3) is 10.9 Å². The summed E-state index contributed by atoms with van der Waals surface area (Å²) in [6, 6.07) is 3.91. The maximum absolute atomic E-state index is 5.96. The summed E-state index contributed by atoms with van der Waals surface area (Å²) in [7, 11) is 0. The molecule has 2 rings (SSSR count). The second-order valence-corrected chi connectivity index (χ2v) is 6.22. The molecule has 1 aromatic carbocycles. The quantitative estimate of drug-likeness (QED) is 0.607. The Bertz CT molecular complexity index is 759. The van der Waals surface area contributed by atoms with Crippen LogP contribution in [0.2, 0.25) is 0 Å². The Kier molecular flexibility index (Phi) is 7.51. The van der Waals surface area contributed by atoms with Crippen molar-refractivity contribution in [1.29, 1.82) is 0 Å². The summed E-state index contributed by atoms with van der Waals surface area (Å²) in [6.07, 6.45) is 5.95. The average Bonchev–Trinajstić information content (AvgIpc) is 2.62. The first-order valence-corrected chi connectivity index (χ1v) is 9.35. The van der Waals surface area contributed by atoms with Crippen LogP contribution in [0.5, 0.6) is 11.5 Å². The van der Waals surface area contributed by atoms with E-state index in [9.17, 15) is 0 Å². The molecule has 0 amide bonds. The molecule has 2 aromatic rings. The van der Waals surface area contributed by atoms with Gasteiger partial charge in [0.25, 0.3) is 0 Å². The van der Waals surface area contributed by atoms with Crippen molar-refractivity contribution in [2.45, 2.75) is 53.4 Å². The number of rotatable bonds is 10. The van der Waals surface area contributed by atoms with E-state index in [1.807, 2.05) is 26.0 Å². The van der Waals surface area contributed by atoms with Gasteiger partial charge in [-0.05, 0) is 38.8 Å². The fourth-order valence-electron chi connectivity index (χ4n) is 2.43. The lowest BCUT2D eigenvalue weighted by molar-refractivity contribution is 0.262. The molecule has 0 saturated carbocycles. The number of hydrogen-bond acceptors (Lipinski definition) is 6. The molecule has 0 bridgehead atoms. The van der Waals surface area contributed by atoms with Crippen LogP contribution in [-0.4, -0.2) is 23.2 Å². The van der Waals surface area contributed by atoms with Crippen LogP contribution in [0, 0.1) is 6.92 Å². The van der Waals surface area contributed by atoms with E-state index in [1.54, 1.807) is 6.08 Å². The van der Waals surface area contributed by atoms with E-state index in [-0.39, 0.29) is 0 Å². The van der Waals surface area contributed by atoms with Gasteiger partial charge >= 0.3 is 0 Å². The van der Waals surface area contributed by atoms with Crippen molar-refractivity contribution in [3.8, 4) is 11.5 Å². The summed E-state index contributed by atoms with van der Waals surface area (Å²) in [5, 5.41) is 3.95. The monoisotopic (exact) mass is 358 g/mol. The lowest BCUT2D eigenvalue weighted by atomic mass is 10.1. The molecule has 0 unspecified atom stereocenters. The summed E-state index contributed by atoms with van der Waals surface area (Å²) < 4.78 is 11.9. The highest BCUT2D eigenvalue weighted by molar-refractivity contribution is 5.85. The van der Waals surface area contributed by atoms with E-state index in [4.69, 9.17) is 15.2 Å². The number of aromatic nitrogens is 2. The Morgan fingerprint density at radius 2 is 1.69 bits per heavy atom. The van der Waals surface area contributed by atoms with E-state index >= 15 is 0 Å². The zero-order chi connectivity index (χ0) is 18.9. The van der Waals surface area contributed by atoms with Gasteiger partial charge in [-0.15, -0.1) is 0 Å². The molecule has 0 radical (unpaired) electrons. The largest absolute Gasteiger partial charge is 0.490 e. The highest BCUT2D eigenvalue weighted by atomic mass is 16.5. The Morgan fingerprint density at radius 1 is 1.08 bits per heavy atom. The van der Waals surface area contributed by atoms with Crippen LogP contribution in [0.3, 0.4) is 0 Å². The molecule has 0 aliphatic heterocycles. The van der Waals surface area contributed by atoms with Crippen molar-refractivity contribution in [3.05, 3.63) is 29.7 Å². The molecule has 3 N–H and O–H groups in total. The van der Waals surface area contributed by atoms with Crippen LogP contribution in [0.4, 0.5) is 5.95 Å². The Balaban J connectivity index is 2.40. The number of fused-ring (bicyclic) bond motifs is 1. The van der Waals surface area contributed by atoms with Crippen LogP contribution in [-0.2, 0) is 0 Å². The number of allylic oxidation sites excluding steroid dienone is 1. The van der Waals surface area contributed by atoms with E-state index < -0.39 is 0 Å². The van der Waals surface area contributed by atoms with E-state index in [2.05, 4.69) is 29.1 Å². The molecule has 0 atom stereocenters. The second-order valence-electron chi connectivity index (χ2n) is 6.22. The van der Waals surface area contributed by atoms with Crippen molar-refractivity contribution in [2.24, 2.45) is 5.73 Å². The van der Waals surface area contributed by atoms with Gasteiger partial charge in [-0.1, -0.05) is 26.7 Å². The molecular formula is C20H30N4O2. The number of benzene rings is 1. The molecule has 6 nitrogen and oxygen atoms in total. The molecule has 0 fully saturated rings. The molecule has 26 heavy (non-hydrogen) atoms. The molecular weight excluding hydrogens is 328 g/mol. The number of hydrogen-bond donors (Lipinski definition) is 2. The summed E-state index contributed by atoms with van der Waals surface area (Å²) in [6.45, 7) is 9.43. The topological polar surface area (TPSA) is 82.3 Å². The maximum Gasteiger partial charge on any atom is 0.229 e. The van der Waals surface area contributed by atoms with Crippen LogP contribution in [0.1, 0.15) is 52.1 Å². The predicted molar refractivity (Wildman–Crippen MR) is 107 cm³/mol. The van der Waals surface area contributed by atoms with Gasteiger partial charge < -0.3 is 20.5 Å². The highest BCUT2D eigenvalue weighted by Crippen LogP contribution is 2.33. The zero-order valence-corrected chi connectivity index (χ0v) is 16.3. The number of ether oxygens (including phenoxy) is 2. The standard InChI is InChI=1S/C20H30N4O2/c1-5-8-10-25-17-12-15-14(4)22-20(24-19(21)7-3)23-16(15)13-18(17)26-11-9-6-2/h7,12-13H,5-6,8-11,21H2,1-4H3,(H,22,23,24). The first-order chi connectivity index (χ1) is 12.6. The molecule has 0 saturated heterocycles. The second kappa shape index (κ2) is 9.85. The van der Waals surface area contributed by atoms with E-state index in [0.29, 0.717) is 25.0 Å². The number of nitrogens with one attached hydrogen (secondary N) is 1. The number of nitrogens with zero attached hydrogens (tertiary/aromatic N) is 2. The van der Waals surface area contributed by atoms with Gasteiger partial charge in [0, 0.05) is 11.5 Å². The van der Waals surface area contributed by atoms with Crippen molar-refractivity contribution in [3.63, 3.8) is 0 Å². The average molecular weight is 358 g/mol. The minimum absolute atomic E-state index is 0.477. The van der Waals surface area contributed by atoms with Gasteiger partial charge in [-0.25, -0.2) is 9.97 Å². The molecule has 142 valence electrons. The summed E-state index contributed by atoms with van der Waals surface area (Å²) in [4.78, 5) is 9.06. The van der Waals surface area contributed by atoms with Crippen molar-refractivity contribution in [2.75, 3.05) is 18.5 Å². The van der Waals surface area contributed by atoms with Crippen molar-refractivity contribution in [1.82, 2.24) is 9.97 Å². The number of aryl methyl sites for hydroxylation is 1. The minimum Gasteiger partial charge on any atom is -0.490 e. The first-order valence-electron chi connectivity index (χ1n) is 9.35. The lowest BCUT2D eigenvalue weighted by Crippen LogP contribution is -2.11. The van der Waals surface area contributed by atoms with Gasteiger partial charge in [-0.3, -0.25) is 0 Å². The van der Waals surface area contributed by atoms with Crippen molar-refractivity contribution < 1.29 is 9.47 Å². The smallest absolute Gasteiger partial charge is 0.229 e. The SMILES string of the molecule is CC=C(N)Nc1nc(C)c2cc(OCCCC)c(OCCCC)cc2n1. The molecule has 0 aliphatic carbocycles. The Hall–Kier alpha value is -2.50.